The maximum absolute atomic E-state index is 5.88. The third kappa shape index (κ3) is 5.63. The molecule has 1 heterocycles. The van der Waals surface area contributed by atoms with E-state index in [1.807, 2.05) is 12.4 Å². The van der Waals surface area contributed by atoms with Gasteiger partial charge in [0.05, 0.1) is 0 Å². The quantitative estimate of drug-likeness (QED) is 0.768. The standard InChI is InChI=1S/C24H35N3/c1-18-12-19(2)24(20(3)13-18)17-27(16-23-8-10-26-11-9-23)15-22-6-4-21(14-25)5-7-22/h8-13,21-22H,4-7,14-17,25H2,1-3H3. The van der Waals surface area contributed by atoms with Crippen molar-refractivity contribution >= 4 is 0 Å². The van der Waals surface area contributed by atoms with Crippen molar-refractivity contribution in [1.29, 1.82) is 0 Å². The maximum Gasteiger partial charge on any atom is 0.0271 e. The smallest absolute Gasteiger partial charge is 0.0271 e. The molecule has 0 radical (unpaired) electrons. The van der Waals surface area contributed by atoms with Crippen LogP contribution < -0.4 is 5.73 Å². The van der Waals surface area contributed by atoms with Crippen molar-refractivity contribution in [3.05, 3.63) is 64.5 Å². The first-order valence-corrected chi connectivity index (χ1v) is 10.4. The number of rotatable bonds is 7. The van der Waals surface area contributed by atoms with Gasteiger partial charge in [-0.25, -0.2) is 0 Å². The van der Waals surface area contributed by atoms with Crippen molar-refractivity contribution in [1.82, 2.24) is 9.88 Å². The van der Waals surface area contributed by atoms with Crippen molar-refractivity contribution in [2.45, 2.75) is 59.5 Å². The number of benzene rings is 1. The lowest BCUT2D eigenvalue weighted by atomic mass is 9.81. The van der Waals surface area contributed by atoms with Crippen LogP contribution in [0.25, 0.3) is 0 Å². The van der Waals surface area contributed by atoms with Gasteiger partial charge in [-0.15, -0.1) is 0 Å². The van der Waals surface area contributed by atoms with Gasteiger partial charge in [-0.3, -0.25) is 9.88 Å². The summed E-state index contributed by atoms with van der Waals surface area (Å²) in [4.78, 5) is 6.82. The van der Waals surface area contributed by atoms with Crippen molar-refractivity contribution < 1.29 is 0 Å². The summed E-state index contributed by atoms with van der Waals surface area (Å²) >= 11 is 0. The minimum atomic E-state index is 0.747. The van der Waals surface area contributed by atoms with E-state index in [0.29, 0.717) is 0 Å². The van der Waals surface area contributed by atoms with Gasteiger partial charge in [0.15, 0.2) is 0 Å². The molecule has 27 heavy (non-hydrogen) atoms. The van der Waals surface area contributed by atoms with Gasteiger partial charge in [0.1, 0.15) is 0 Å². The van der Waals surface area contributed by atoms with Crippen molar-refractivity contribution in [2.75, 3.05) is 13.1 Å². The Labute approximate surface area is 165 Å². The molecule has 3 nitrogen and oxygen atoms in total. The molecule has 1 aliphatic carbocycles. The predicted molar refractivity (Wildman–Crippen MR) is 114 cm³/mol. The average Bonchev–Trinajstić information content (AvgIpc) is 2.66. The largest absolute Gasteiger partial charge is 0.330 e. The summed E-state index contributed by atoms with van der Waals surface area (Å²) in [6.07, 6.45) is 9.05. The van der Waals surface area contributed by atoms with Crippen LogP contribution in [0.2, 0.25) is 0 Å². The Kier molecular flexibility index (Phi) is 7.03. The van der Waals surface area contributed by atoms with Gasteiger partial charge in [0.25, 0.3) is 0 Å². The van der Waals surface area contributed by atoms with Crippen LogP contribution in [-0.4, -0.2) is 23.0 Å². The Bertz CT molecular complexity index is 695. The van der Waals surface area contributed by atoms with Crippen molar-refractivity contribution in [3.8, 4) is 0 Å². The van der Waals surface area contributed by atoms with E-state index in [2.05, 4.69) is 54.9 Å². The number of nitrogens with zero attached hydrogens (tertiary/aromatic N) is 2. The van der Waals surface area contributed by atoms with E-state index in [1.54, 1.807) is 0 Å². The number of aryl methyl sites for hydroxylation is 3. The highest BCUT2D eigenvalue weighted by Crippen LogP contribution is 2.30. The van der Waals surface area contributed by atoms with Gasteiger partial charge in [0, 0.05) is 32.0 Å². The van der Waals surface area contributed by atoms with E-state index in [-0.39, 0.29) is 0 Å². The van der Waals surface area contributed by atoms with Crippen molar-refractivity contribution in [2.24, 2.45) is 17.6 Å². The molecule has 3 rings (SSSR count). The first kappa shape index (κ1) is 20.0. The highest BCUT2D eigenvalue weighted by molar-refractivity contribution is 5.37. The topological polar surface area (TPSA) is 42.2 Å². The normalized spacial score (nSPS) is 20.2. The molecule has 0 unspecified atom stereocenters. The monoisotopic (exact) mass is 365 g/mol. The van der Waals surface area contributed by atoms with Crippen LogP contribution in [0, 0.1) is 32.6 Å². The molecule has 1 aliphatic rings. The summed E-state index contributed by atoms with van der Waals surface area (Å²) < 4.78 is 0. The van der Waals surface area contributed by atoms with Crippen LogP contribution in [-0.2, 0) is 13.1 Å². The molecule has 0 aliphatic heterocycles. The first-order valence-electron chi connectivity index (χ1n) is 10.4. The Morgan fingerprint density at radius 3 is 2.11 bits per heavy atom. The van der Waals surface area contributed by atoms with Gasteiger partial charge < -0.3 is 5.73 Å². The van der Waals surface area contributed by atoms with E-state index in [0.717, 1.165) is 31.5 Å². The third-order valence-corrected chi connectivity index (χ3v) is 6.19. The fourth-order valence-electron chi connectivity index (χ4n) is 4.63. The van der Waals surface area contributed by atoms with Gasteiger partial charge in [0.2, 0.25) is 0 Å². The zero-order chi connectivity index (χ0) is 19.2. The SMILES string of the molecule is Cc1cc(C)c(CN(Cc2ccncc2)CC2CCC(CN)CC2)c(C)c1. The second kappa shape index (κ2) is 9.48. The molecule has 1 aromatic carbocycles. The molecule has 2 N–H and O–H groups in total. The summed E-state index contributed by atoms with van der Waals surface area (Å²) in [6, 6.07) is 8.93. The van der Waals surface area contributed by atoms with E-state index < -0.39 is 0 Å². The van der Waals surface area contributed by atoms with Crippen LogP contribution in [0.15, 0.2) is 36.7 Å². The molecule has 2 aromatic rings. The molecule has 0 amide bonds. The van der Waals surface area contributed by atoms with E-state index in [9.17, 15) is 0 Å². The molecule has 0 saturated heterocycles. The van der Waals surface area contributed by atoms with Gasteiger partial charge >= 0.3 is 0 Å². The lowest BCUT2D eigenvalue weighted by Gasteiger charge is -2.33. The fraction of sp³-hybridized carbons (Fsp3) is 0.542. The second-order valence-corrected chi connectivity index (χ2v) is 8.52. The van der Waals surface area contributed by atoms with Crippen LogP contribution in [0.5, 0.6) is 0 Å². The first-order chi connectivity index (χ1) is 13.0. The Morgan fingerprint density at radius 1 is 0.926 bits per heavy atom. The number of hydrogen-bond acceptors (Lipinski definition) is 3. The zero-order valence-electron chi connectivity index (χ0n) is 17.2. The number of aromatic nitrogens is 1. The summed E-state index contributed by atoms with van der Waals surface area (Å²) in [7, 11) is 0. The molecular formula is C24H35N3. The molecule has 1 saturated carbocycles. The number of nitrogens with two attached hydrogens (primary N) is 1. The molecule has 0 spiro atoms. The third-order valence-electron chi connectivity index (χ3n) is 6.19. The average molecular weight is 366 g/mol. The van der Waals surface area contributed by atoms with Crippen LogP contribution >= 0.6 is 0 Å². The highest BCUT2D eigenvalue weighted by Gasteiger charge is 2.23. The van der Waals surface area contributed by atoms with Crippen LogP contribution in [0.3, 0.4) is 0 Å². The minimum absolute atomic E-state index is 0.747. The summed E-state index contributed by atoms with van der Waals surface area (Å²) in [6.45, 7) is 10.7. The van der Waals surface area contributed by atoms with Crippen molar-refractivity contribution in [3.63, 3.8) is 0 Å². The fourth-order valence-corrected chi connectivity index (χ4v) is 4.63. The summed E-state index contributed by atoms with van der Waals surface area (Å²) in [5.41, 5.74) is 12.9. The number of hydrogen-bond donors (Lipinski definition) is 1. The molecule has 0 bridgehead atoms. The van der Waals surface area contributed by atoms with Gasteiger partial charge in [-0.2, -0.15) is 0 Å². The summed E-state index contributed by atoms with van der Waals surface area (Å²) in [5.74, 6) is 1.54. The molecule has 3 heteroatoms. The predicted octanol–water partition coefficient (Wildman–Crippen LogP) is 4.77. The maximum atomic E-state index is 5.88. The molecular weight excluding hydrogens is 330 g/mol. The highest BCUT2D eigenvalue weighted by atomic mass is 15.1. The Balaban J connectivity index is 1.74. The molecule has 146 valence electrons. The summed E-state index contributed by atoms with van der Waals surface area (Å²) in [5, 5.41) is 0. The van der Waals surface area contributed by atoms with E-state index in [4.69, 9.17) is 5.73 Å². The second-order valence-electron chi connectivity index (χ2n) is 8.52. The van der Waals surface area contributed by atoms with Gasteiger partial charge in [-0.05, 0) is 99.2 Å². The Morgan fingerprint density at radius 2 is 1.52 bits per heavy atom. The molecule has 1 aromatic heterocycles. The van der Waals surface area contributed by atoms with Crippen LogP contribution in [0.1, 0.15) is 53.5 Å². The zero-order valence-corrected chi connectivity index (χ0v) is 17.2. The lowest BCUT2D eigenvalue weighted by Crippen LogP contribution is -2.32. The molecule has 1 fully saturated rings. The lowest BCUT2D eigenvalue weighted by molar-refractivity contribution is 0.169. The Hall–Kier alpha value is -1.71. The molecule has 0 atom stereocenters. The van der Waals surface area contributed by atoms with E-state index >= 15 is 0 Å². The van der Waals surface area contributed by atoms with Gasteiger partial charge in [-0.1, -0.05) is 17.7 Å². The van der Waals surface area contributed by atoms with E-state index in [1.165, 1.54) is 60.0 Å². The van der Waals surface area contributed by atoms with Crippen LogP contribution in [0.4, 0.5) is 0 Å². The number of pyridine rings is 1. The minimum Gasteiger partial charge on any atom is -0.330 e.